The van der Waals surface area contributed by atoms with Gasteiger partial charge in [0.15, 0.2) is 0 Å². The first-order valence-electron chi connectivity index (χ1n) is 9.65. The van der Waals surface area contributed by atoms with E-state index in [1.807, 2.05) is 6.08 Å². The van der Waals surface area contributed by atoms with E-state index in [9.17, 15) is 19.4 Å². The number of aliphatic carboxylic acids is 1. The van der Waals surface area contributed by atoms with Gasteiger partial charge in [-0.05, 0) is 52.5 Å². The van der Waals surface area contributed by atoms with E-state index in [0.29, 0.717) is 0 Å². The van der Waals surface area contributed by atoms with Gasteiger partial charge in [-0.25, -0.2) is 4.39 Å². The molecule has 0 fully saturated rings. The molecule has 0 spiro atoms. The molecule has 0 amide bonds. The van der Waals surface area contributed by atoms with Gasteiger partial charge in [-0.2, -0.15) is 0 Å². The molecule has 2 rings (SSSR count). The number of hydrogen-bond donors (Lipinski definition) is 3. The number of carbonyl (C=O) groups is 1. The van der Waals surface area contributed by atoms with Crippen molar-refractivity contribution in [3.05, 3.63) is 53.4 Å². The maximum Gasteiger partial charge on any atom is 1.00 e. The number of aliphatic hydroxyl groups excluding tert-OH is 2. The van der Waals surface area contributed by atoms with E-state index in [1.165, 1.54) is 12.1 Å². The number of allylic oxidation sites excluding steroid dienone is 3. The van der Waals surface area contributed by atoms with Gasteiger partial charge in [0.25, 0.3) is 0 Å². The van der Waals surface area contributed by atoms with Crippen molar-refractivity contribution in [1.82, 2.24) is 0 Å². The van der Waals surface area contributed by atoms with Crippen LogP contribution in [0.5, 0.6) is 0 Å². The summed E-state index contributed by atoms with van der Waals surface area (Å²) in [5.74, 6) is -1.38. The number of rotatable bonds is 7. The first-order valence-corrected chi connectivity index (χ1v) is 9.65. The van der Waals surface area contributed by atoms with Crippen LogP contribution in [0, 0.1) is 16.6 Å². The Morgan fingerprint density at radius 3 is 2.34 bits per heavy atom. The van der Waals surface area contributed by atoms with Gasteiger partial charge >= 0.3 is 35.5 Å². The van der Waals surface area contributed by atoms with E-state index in [2.05, 4.69) is 27.7 Å². The Kier molecular flexibility index (Phi) is 9.31. The van der Waals surface area contributed by atoms with Crippen molar-refractivity contribution in [3.63, 3.8) is 0 Å². The molecule has 1 aromatic carbocycles. The molecular weight excluding hydrogens is 382 g/mol. The van der Waals surface area contributed by atoms with Crippen LogP contribution in [0.3, 0.4) is 0 Å². The summed E-state index contributed by atoms with van der Waals surface area (Å²) in [4.78, 5) is 10.7. The van der Waals surface area contributed by atoms with Gasteiger partial charge in [-0.1, -0.05) is 52.0 Å². The molecule has 2 unspecified atom stereocenters. The first-order chi connectivity index (χ1) is 12.9. The van der Waals surface area contributed by atoms with Gasteiger partial charge in [0, 0.05) is 6.42 Å². The molecule has 0 heterocycles. The number of hydrogen-bond acceptors (Lipinski definition) is 3. The second-order valence-electron chi connectivity index (χ2n) is 9.21. The van der Waals surface area contributed by atoms with E-state index >= 15 is 0 Å². The summed E-state index contributed by atoms with van der Waals surface area (Å²) >= 11 is 0. The van der Waals surface area contributed by atoms with E-state index in [4.69, 9.17) is 5.11 Å². The number of aliphatic hydroxyl groups is 2. The molecule has 4 nitrogen and oxygen atoms in total. The van der Waals surface area contributed by atoms with E-state index in [0.717, 1.165) is 29.6 Å². The maximum atomic E-state index is 13.4. The molecule has 0 bridgehead atoms. The van der Waals surface area contributed by atoms with Crippen molar-refractivity contribution in [2.75, 3.05) is 0 Å². The molecule has 0 radical (unpaired) electrons. The van der Waals surface area contributed by atoms with Crippen LogP contribution in [-0.4, -0.2) is 33.5 Å². The molecule has 6 heteroatoms. The summed E-state index contributed by atoms with van der Waals surface area (Å²) in [5, 5.41) is 28.7. The topological polar surface area (TPSA) is 77.8 Å². The largest absolute Gasteiger partial charge is 1.00 e. The van der Waals surface area contributed by atoms with Gasteiger partial charge in [0.1, 0.15) is 5.82 Å². The number of halogens is 1. The summed E-state index contributed by atoms with van der Waals surface area (Å²) in [5.41, 5.74) is 3.09. The molecule has 2 atom stereocenters. The van der Waals surface area contributed by atoms with Gasteiger partial charge in [-0.15, -0.1) is 0 Å². The summed E-state index contributed by atoms with van der Waals surface area (Å²) < 4.78 is 13.4. The van der Waals surface area contributed by atoms with Crippen molar-refractivity contribution in [2.24, 2.45) is 10.8 Å². The van der Waals surface area contributed by atoms with Crippen molar-refractivity contribution in [2.45, 2.75) is 65.6 Å². The van der Waals surface area contributed by atoms with Gasteiger partial charge < -0.3 is 16.7 Å². The molecule has 0 saturated carbocycles. The average Bonchev–Trinajstić information content (AvgIpc) is 2.51. The third-order valence-electron chi connectivity index (χ3n) is 5.23. The summed E-state index contributed by atoms with van der Waals surface area (Å²) in [7, 11) is 0. The predicted molar refractivity (Wildman–Crippen MR) is 109 cm³/mol. The quantitative estimate of drug-likeness (QED) is 0.594. The SMILES string of the molecule is CC1(C)CC(c2ccc(F)cc2)=C(/C=C/C(O)CC(O)CC(=O)O)C(C)(C)C1.[H-].[Na+]. The number of carboxylic acid groups (broad SMARTS) is 1. The minimum Gasteiger partial charge on any atom is -1.00 e. The molecule has 156 valence electrons. The molecule has 1 aromatic rings. The van der Waals surface area contributed by atoms with Crippen molar-refractivity contribution in [1.29, 1.82) is 0 Å². The van der Waals surface area contributed by atoms with Gasteiger partial charge in [0.05, 0.1) is 18.6 Å². The fourth-order valence-corrected chi connectivity index (χ4v) is 4.42. The van der Waals surface area contributed by atoms with Gasteiger partial charge in [0.2, 0.25) is 0 Å². The molecular formula is C23H32FNaO4. The van der Waals surface area contributed by atoms with E-state index in [1.54, 1.807) is 18.2 Å². The molecule has 3 N–H and O–H groups in total. The zero-order valence-corrected chi connectivity index (χ0v) is 20.1. The zero-order chi connectivity index (χ0) is 21.1. The summed E-state index contributed by atoms with van der Waals surface area (Å²) in [6.45, 7) is 8.75. The van der Waals surface area contributed by atoms with Crippen LogP contribution < -0.4 is 29.6 Å². The van der Waals surface area contributed by atoms with Crippen LogP contribution in [0.25, 0.3) is 5.57 Å². The van der Waals surface area contributed by atoms with Crippen molar-refractivity contribution in [3.8, 4) is 0 Å². The average molecular weight is 414 g/mol. The number of benzene rings is 1. The third-order valence-corrected chi connectivity index (χ3v) is 5.23. The minimum atomic E-state index is -1.10. The van der Waals surface area contributed by atoms with E-state index in [-0.39, 0.29) is 54.1 Å². The Labute approximate surface area is 196 Å². The maximum absolute atomic E-state index is 13.4. The Balaban J connectivity index is 0.00000420. The molecule has 0 saturated heterocycles. The van der Waals surface area contributed by atoms with Crippen LogP contribution in [0.1, 0.15) is 60.4 Å². The zero-order valence-electron chi connectivity index (χ0n) is 19.1. The van der Waals surface area contributed by atoms with Crippen LogP contribution in [0.2, 0.25) is 0 Å². The fraction of sp³-hybridized carbons (Fsp3) is 0.522. The molecule has 1 aliphatic carbocycles. The predicted octanol–water partition coefficient (Wildman–Crippen LogP) is 1.68. The van der Waals surface area contributed by atoms with Crippen LogP contribution in [0.4, 0.5) is 4.39 Å². The second-order valence-corrected chi connectivity index (χ2v) is 9.21. The molecule has 0 aromatic heterocycles. The molecule has 29 heavy (non-hydrogen) atoms. The van der Waals surface area contributed by atoms with Crippen LogP contribution in [0.15, 0.2) is 42.0 Å². The van der Waals surface area contributed by atoms with Crippen molar-refractivity contribution >= 4 is 11.5 Å². The Morgan fingerprint density at radius 2 is 1.79 bits per heavy atom. The summed E-state index contributed by atoms with van der Waals surface area (Å²) in [6.07, 6.45) is 2.82. The van der Waals surface area contributed by atoms with Crippen molar-refractivity contribution < 1.29 is 55.5 Å². The van der Waals surface area contributed by atoms with E-state index < -0.39 is 24.6 Å². The Morgan fingerprint density at radius 1 is 1.21 bits per heavy atom. The first kappa shape index (κ1) is 26.1. The fourth-order valence-electron chi connectivity index (χ4n) is 4.42. The molecule has 1 aliphatic rings. The second kappa shape index (κ2) is 10.4. The Bertz CT molecular complexity index is 772. The third kappa shape index (κ3) is 7.65. The van der Waals surface area contributed by atoms with Gasteiger partial charge in [-0.3, -0.25) is 4.79 Å². The monoisotopic (exact) mass is 414 g/mol. The number of carboxylic acids is 1. The minimum absolute atomic E-state index is 0. The standard InChI is InChI=1S/C23H31FO4.Na.H/c1-22(2)13-19(15-5-7-16(24)8-6-15)20(23(3,4)14-22)10-9-17(25)11-18(26)12-21(27)28;;/h5-10,17-18,25-26H,11-14H2,1-4H3,(H,27,28);;/q;+1;-1/b10-9+;;. The molecule has 0 aliphatic heterocycles. The Hall–Kier alpha value is -0.980. The van der Waals surface area contributed by atoms with Crippen LogP contribution in [-0.2, 0) is 4.79 Å². The summed E-state index contributed by atoms with van der Waals surface area (Å²) in [6, 6.07) is 6.47. The van der Waals surface area contributed by atoms with Crippen LogP contribution >= 0.6 is 0 Å². The normalized spacial score (nSPS) is 20.2. The smallest absolute Gasteiger partial charge is 1.00 e.